The van der Waals surface area contributed by atoms with Gasteiger partial charge in [-0.2, -0.15) is 0 Å². The summed E-state index contributed by atoms with van der Waals surface area (Å²) in [6.45, 7) is 0. The van der Waals surface area contributed by atoms with E-state index in [1.54, 1.807) is 0 Å². The SMILES string of the molecule is ClSCCC(Cl)(Cl)Cl. The van der Waals surface area contributed by atoms with E-state index in [9.17, 15) is 0 Å². The van der Waals surface area contributed by atoms with Gasteiger partial charge in [0.2, 0.25) is 0 Å². The van der Waals surface area contributed by atoms with Gasteiger partial charge in [0.15, 0.2) is 3.79 Å². The summed E-state index contributed by atoms with van der Waals surface area (Å²) in [4.78, 5) is 0. The third-order valence-electron chi connectivity index (χ3n) is 0.463. The Kier molecular flexibility index (Phi) is 5.17. The molecule has 0 aromatic rings. The van der Waals surface area contributed by atoms with Gasteiger partial charge in [-0.15, -0.1) is 0 Å². The fraction of sp³-hybridized carbons (Fsp3) is 1.00. The van der Waals surface area contributed by atoms with Gasteiger partial charge in [-0.05, 0) is 10.7 Å². The van der Waals surface area contributed by atoms with Gasteiger partial charge in [0, 0.05) is 12.2 Å². The van der Waals surface area contributed by atoms with Crippen molar-refractivity contribution in [2.24, 2.45) is 0 Å². The van der Waals surface area contributed by atoms with Crippen LogP contribution in [-0.2, 0) is 0 Å². The molecule has 50 valence electrons. The van der Waals surface area contributed by atoms with Crippen LogP contribution >= 0.6 is 56.5 Å². The van der Waals surface area contributed by atoms with Crippen LogP contribution in [0.2, 0.25) is 0 Å². The quantitative estimate of drug-likeness (QED) is 0.632. The third-order valence-corrected chi connectivity index (χ3v) is 1.85. The molecule has 0 saturated heterocycles. The van der Waals surface area contributed by atoms with Crippen LogP contribution in [0.4, 0.5) is 0 Å². The van der Waals surface area contributed by atoms with Crippen LogP contribution in [0.25, 0.3) is 0 Å². The highest BCUT2D eigenvalue weighted by atomic mass is 35.7. The van der Waals surface area contributed by atoms with Crippen molar-refractivity contribution in [1.82, 2.24) is 0 Å². The Morgan fingerprint density at radius 3 is 1.88 bits per heavy atom. The number of rotatable bonds is 2. The van der Waals surface area contributed by atoms with Crippen molar-refractivity contribution in [3.8, 4) is 0 Å². The molecule has 0 aromatic carbocycles. The Balaban J connectivity index is 3.11. The molecule has 0 rings (SSSR count). The molecule has 0 aliphatic rings. The molecule has 0 aliphatic heterocycles. The molecule has 0 saturated carbocycles. The lowest BCUT2D eigenvalue weighted by molar-refractivity contribution is 0.991. The van der Waals surface area contributed by atoms with Gasteiger partial charge in [0.05, 0.1) is 0 Å². The van der Waals surface area contributed by atoms with E-state index in [4.69, 9.17) is 45.5 Å². The minimum absolute atomic E-state index is 0.492. The number of hydrogen-bond donors (Lipinski definition) is 0. The van der Waals surface area contributed by atoms with Crippen molar-refractivity contribution < 1.29 is 0 Å². The van der Waals surface area contributed by atoms with Crippen molar-refractivity contribution in [2.45, 2.75) is 10.2 Å². The van der Waals surface area contributed by atoms with Crippen molar-refractivity contribution >= 4 is 56.5 Å². The molecule has 0 aromatic heterocycles. The molecule has 0 amide bonds. The highest BCUT2D eigenvalue weighted by molar-refractivity contribution is 8.21. The van der Waals surface area contributed by atoms with Crippen molar-refractivity contribution in [2.75, 3.05) is 5.75 Å². The molecule has 0 fully saturated rings. The van der Waals surface area contributed by atoms with Gasteiger partial charge in [-0.3, -0.25) is 0 Å². The van der Waals surface area contributed by atoms with Gasteiger partial charge in [-0.1, -0.05) is 45.8 Å². The molecular formula is C3H4Cl4S. The largest absolute Gasteiger partial charge is 0.191 e. The highest BCUT2D eigenvalue weighted by Gasteiger charge is 2.17. The summed E-state index contributed by atoms with van der Waals surface area (Å²) in [5.74, 6) is 0.665. The zero-order chi connectivity index (χ0) is 6.62. The Bertz CT molecular complexity index is 58.8. The average Bonchev–Trinajstić information content (AvgIpc) is 1.59. The van der Waals surface area contributed by atoms with Gasteiger partial charge < -0.3 is 0 Å². The summed E-state index contributed by atoms with van der Waals surface area (Å²) in [6, 6.07) is 0. The van der Waals surface area contributed by atoms with E-state index in [2.05, 4.69) is 0 Å². The first-order valence-corrected chi connectivity index (χ1v) is 4.81. The molecule has 8 heavy (non-hydrogen) atoms. The minimum Gasteiger partial charge on any atom is -0.0837 e. The van der Waals surface area contributed by atoms with E-state index in [0.717, 1.165) is 11.0 Å². The van der Waals surface area contributed by atoms with E-state index < -0.39 is 3.79 Å². The summed E-state index contributed by atoms with van der Waals surface area (Å²) in [5, 5.41) is 0. The molecule has 0 aliphatic carbocycles. The number of halogens is 4. The second-order valence-corrected chi connectivity index (χ2v) is 4.98. The van der Waals surface area contributed by atoms with Gasteiger partial charge in [0.1, 0.15) is 0 Å². The summed E-state index contributed by atoms with van der Waals surface area (Å²) in [6.07, 6.45) is 0.492. The Hall–Kier alpha value is 1.51. The van der Waals surface area contributed by atoms with E-state index >= 15 is 0 Å². The lowest BCUT2D eigenvalue weighted by Crippen LogP contribution is -2.01. The van der Waals surface area contributed by atoms with Crippen molar-refractivity contribution in [1.29, 1.82) is 0 Å². The van der Waals surface area contributed by atoms with Crippen LogP contribution in [0.3, 0.4) is 0 Å². The van der Waals surface area contributed by atoms with Gasteiger partial charge in [-0.25, -0.2) is 0 Å². The molecule has 0 bridgehead atoms. The second kappa shape index (κ2) is 4.35. The summed E-state index contributed by atoms with van der Waals surface area (Å²) >= 11 is 16.1. The molecule has 0 spiro atoms. The Labute approximate surface area is 72.3 Å². The van der Waals surface area contributed by atoms with E-state index in [1.165, 1.54) is 0 Å². The number of hydrogen-bond acceptors (Lipinski definition) is 1. The molecule has 0 radical (unpaired) electrons. The predicted octanol–water partition coefficient (Wildman–Crippen LogP) is 3.63. The van der Waals surface area contributed by atoms with E-state index in [0.29, 0.717) is 12.2 Å². The van der Waals surface area contributed by atoms with E-state index in [1.807, 2.05) is 0 Å². The highest BCUT2D eigenvalue weighted by Crippen LogP contribution is 2.31. The molecule has 5 heteroatoms. The maximum absolute atomic E-state index is 5.37. The van der Waals surface area contributed by atoms with Crippen LogP contribution in [0.1, 0.15) is 6.42 Å². The van der Waals surface area contributed by atoms with Crippen molar-refractivity contribution in [3.63, 3.8) is 0 Å². The van der Waals surface area contributed by atoms with Crippen LogP contribution in [0.5, 0.6) is 0 Å². The van der Waals surface area contributed by atoms with E-state index in [-0.39, 0.29) is 0 Å². The number of alkyl halides is 3. The summed E-state index contributed by atoms with van der Waals surface area (Å²) in [5.41, 5.74) is 0. The normalized spacial score (nSPS) is 12.0. The molecule has 0 N–H and O–H groups in total. The minimum atomic E-state index is -1.14. The van der Waals surface area contributed by atoms with Gasteiger partial charge in [0.25, 0.3) is 0 Å². The van der Waals surface area contributed by atoms with Crippen LogP contribution in [0, 0.1) is 0 Å². The van der Waals surface area contributed by atoms with Crippen molar-refractivity contribution in [3.05, 3.63) is 0 Å². The second-order valence-electron chi connectivity index (χ2n) is 1.18. The fourth-order valence-electron chi connectivity index (χ4n) is 0.154. The first kappa shape index (κ1) is 9.51. The molecule has 0 nitrogen and oxygen atoms in total. The van der Waals surface area contributed by atoms with Crippen LogP contribution < -0.4 is 0 Å². The lowest BCUT2D eigenvalue weighted by Gasteiger charge is -2.06. The first-order valence-electron chi connectivity index (χ1n) is 1.86. The monoisotopic (exact) mass is 212 g/mol. The maximum atomic E-state index is 5.37. The third kappa shape index (κ3) is 7.51. The lowest BCUT2D eigenvalue weighted by atomic mass is 10.6. The molecule has 0 atom stereocenters. The van der Waals surface area contributed by atoms with Gasteiger partial charge >= 0.3 is 0 Å². The fourth-order valence-corrected chi connectivity index (χ4v) is 1.39. The molecular weight excluding hydrogens is 210 g/mol. The summed E-state index contributed by atoms with van der Waals surface area (Å²) < 4.78 is -1.14. The first-order chi connectivity index (χ1) is 3.56. The zero-order valence-corrected chi connectivity index (χ0v) is 7.67. The summed E-state index contributed by atoms with van der Waals surface area (Å²) in [7, 11) is 6.40. The average molecular weight is 214 g/mol. The maximum Gasteiger partial charge on any atom is 0.191 e. The Morgan fingerprint density at radius 1 is 1.25 bits per heavy atom. The Morgan fingerprint density at radius 2 is 1.75 bits per heavy atom. The topological polar surface area (TPSA) is 0 Å². The zero-order valence-electron chi connectivity index (χ0n) is 3.83. The predicted molar refractivity (Wildman–Crippen MR) is 43.2 cm³/mol. The van der Waals surface area contributed by atoms with Crippen LogP contribution in [-0.4, -0.2) is 9.55 Å². The smallest absolute Gasteiger partial charge is 0.0837 e. The molecule has 0 unspecified atom stereocenters. The molecule has 0 heterocycles. The standard InChI is InChI=1S/C3H4Cl4S/c4-3(5,6)1-2-8-7/h1-2H2. The van der Waals surface area contributed by atoms with Crippen LogP contribution in [0.15, 0.2) is 0 Å².